The molecule has 0 amide bonds. The SMILES string of the molecule is Clc1c2c(c3ccccc3c1Cl)-c1ccccc1-2. The summed E-state index contributed by atoms with van der Waals surface area (Å²) < 4.78 is 0. The number of fused-ring (bicyclic) bond motifs is 6. The summed E-state index contributed by atoms with van der Waals surface area (Å²) in [7, 11) is 0. The topological polar surface area (TPSA) is 0 Å². The van der Waals surface area contributed by atoms with Crippen molar-refractivity contribution in [2.45, 2.75) is 0 Å². The highest BCUT2D eigenvalue weighted by atomic mass is 35.5. The quantitative estimate of drug-likeness (QED) is 0.379. The summed E-state index contributed by atoms with van der Waals surface area (Å²) in [6.45, 7) is 0. The Hall–Kier alpha value is -1.50. The van der Waals surface area contributed by atoms with Gasteiger partial charge in [0.25, 0.3) is 0 Å². The number of halogens is 2. The van der Waals surface area contributed by atoms with Crippen LogP contribution in [0, 0.1) is 0 Å². The smallest absolute Gasteiger partial charge is 0.0683 e. The van der Waals surface area contributed by atoms with E-state index in [1.54, 1.807) is 0 Å². The largest absolute Gasteiger partial charge is 0.0820 e. The minimum Gasteiger partial charge on any atom is -0.0820 e. The molecular formula is C16H8Cl2. The molecule has 0 aromatic heterocycles. The van der Waals surface area contributed by atoms with Crippen molar-refractivity contribution in [2.75, 3.05) is 0 Å². The van der Waals surface area contributed by atoms with Gasteiger partial charge >= 0.3 is 0 Å². The van der Waals surface area contributed by atoms with Crippen molar-refractivity contribution >= 4 is 34.0 Å². The zero-order chi connectivity index (χ0) is 12.3. The molecule has 0 N–H and O–H groups in total. The van der Waals surface area contributed by atoms with Crippen molar-refractivity contribution in [3.05, 3.63) is 58.6 Å². The fourth-order valence-electron chi connectivity index (χ4n) is 2.75. The van der Waals surface area contributed by atoms with Gasteiger partial charge in [-0.15, -0.1) is 0 Å². The van der Waals surface area contributed by atoms with Crippen molar-refractivity contribution in [3.8, 4) is 22.3 Å². The highest BCUT2D eigenvalue weighted by molar-refractivity contribution is 6.49. The second-order valence-electron chi connectivity index (χ2n) is 4.47. The molecule has 1 aliphatic rings. The summed E-state index contributed by atoms with van der Waals surface area (Å²) in [5.41, 5.74) is 4.79. The third-order valence-corrected chi connectivity index (χ3v) is 4.43. The maximum atomic E-state index is 6.41. The predicted molar refractivity (Wildman–Crippen MR) is 78.4 cm³/mol. The first-order valence-corrected chi connectivity index (χ1v) is 6.54. The molecule has 86 valence electrons. The minimum absolute atomic E-state index is 0.653. The van der Waals surface area contributed by atoms with Crippen molar-refractivity contribution < 1.29 is 0 Å². The standard InChI is InChI=1S/C16H8Cl2/c17-15-12-8-4-3-7-11(12)13-9-5-1-2-6-10(9)14(13)16(15)18/h1-8H. The van der Waals surface area contributed by atoms with Gasteiger partial charge in [0.2, 0.25) is 0 Å². The van der Waals surface area contributed by atoms with Crippen LogP contribution in [0.3, 0.4) is 0 Å². The van der Waals surface area contributed by atoms with Crippen molar-refractivity contribution in [1.29, 1.82) is 0 Å². The van der Waals surface area contributed by atoms with Crippen LogP contribution in [0.1, 0.15) is 0 Å². The Labute approximate surface area is 115 Å². The third kappa shape index (κ3) is 1.12. The summed E-state index contributed by atoms with van der Waals surface area (Å²) in [5.74, 6) is 0. The molecule has 18 heavy (non-hydrogen) atoms. The number of benzene rings is 3. The van der Waals surface area contributed by atoms with Gasteiger partial charge in [0.05, 0.1) is 10.0 Å². The van der Waals surface area contributed by atoms with Crippen LogP contribution in [-0.2, 0) is 0 Å². The van der Waals surface area contributed by atoms with E-state index in [9.17, 15) is 0 Å². The molecule has 0 radical (unpaired) electrons. The molecule has 0 saturated carbocycles. The molecular weight excluding hydrogens is 263 g/mol. The van der Waals surface area contributed by atoms with Crippen molar-refractivity contribution in [3.63, 3.8) is 0 Å². The Bertz CT molecular complexity index is 804. The normalized spacial score (nSPS) is 11.9. The third-order valence-electron chi connectivity index (χ3n) is 3.56. The van der Waals surface area contributed by atoms with Crippen molar-refractivity contribution in [2.24, 2.45) is 0 Å². The molecule has 3 aromatic rings. The van der Waals surface area contributed by atoms with Crippen LogP contribution in [0.2, 0.25) is 10.0 Å². The van der Waals surface area contributed by atoms with Crippen LogP contribution >= 0.6 is 23.2 Å². The van der Waals surface area contributed by atoms with Gasteiger partial charge in [0.1, 0.15) is 0 Å². The molecule has 4 rings (SSSR count). The van der Waals surface area contributed by atoms with Gasteiger partial charge in [-0.1, -0.05) is 71.7 Å². The van der Waals surface area contributed by atoms with Crippen LogP contribution in [-0.4, -0.2) is 0 Å². The molecule has 0 bridgehead atoms. The van der Waals surface area contributed by atoms with Gasteiger partial charge in [-0.25, -0.2) is 0 Å². The maximum Gasteiger partial charge on any atom is 0.0683 e. The summed E-state index contributed by atoms with van der Waals surface area (Å²) in [5, 5.41) is 3.53. The Morgan fingerprint density at radius 3 is 1.83 bits per heavy atom. The monoisotopic (exact) mass is 270 g/mol. The second kappa shape index (κ2) is 3.50. The Balaban J connectivity index is 2.23. The van der Waals surface area contributed by atoms with Gasteiger partial charge in [0.15, 0.2) is 0 Å². The Kier molecular flexibility index (Phi) is 2.03. The summed E-state index contributed by atoms with van der Waals surface area (Å²) >= 11 is 12.8. The molecule has 1 aliphatic carbocycles. The summed E-state index contributed by atoms with van der Waals surface area (Å²) in [4.78, 5) is 0. The fourth-order valence-corrected chi connectivity index (χ4v) is 3.31. The van der Waals surface area contributed by atoms with Crippen LogP contribution < -0.4 is 0 Å². The number of hydrogen-bond acceptors (Lipinski definition) is 0. The average Bonchev–Trinajstić information content (AvgIpc) is 2.39. The van der Waals surface area contributed by atoms with Gasteiger partial charge < -0.3 is 0 Å². The van der Waals surface area contributed by atoms with E-state index < -0.39 is 0 Å². The van der Waals surface area contributed by atoms with Crippen LogP contribution in [0.4, 0.5) is 0 Å². The molecule has 0 saturated heterocycles. The minimum atomic E-state index is 0.653. The molecule has 2 heteroatoms. The van der Waals surface area contributed by atoms with E-state index >= 15 is 0 Å². The lowest BCUT2D eigenvalue weighted by Gasteiger charge is -2.27. The first kappa shape index (κ1) is 10.4. The highest BCUT2D eigenvalue weighted by Gasteiger charge is 2.28. The van der Waals surface area contributed by atoms with Gasteiger partial charge in [0, 0.05) is 10.9 Å². The van der Waals surface area contributed by atoms with E-state index in [1.165, 1.54) is 22.1 Å². The first-order valence-electron chi connectivity index (χ1n) is 5.78. The zero-order valence-electron chi connectivity index (χ0n) is 9.37. The van der Waals surface area contributed by atoms with E-state index in [-0.39, 0.29) is 0 Å². The van der Waals surface area contributed by atoms with E-state index in [0.717, 1.165) is 10.9 Å². The molecule has 0 heterocycles. The molecule has 0 aliphatic heterocycles. The van der Waals surface area contributed by atoms with E-state index in [1.807, 2.05) is 24.3 Å². The summed E-state index contributed by atoms with van der Waals surface area (Å²) in [6.07, 6.45) is 0. The van der Waals surface area contributed by atoms with Gasteiger partial charge in [-0.05, 0) is 22.1 Å². The second-order valence-corrected chi connectivity index (χ2v) is 5.23. The first-order chi connectivity index (χ1) is 8.79. The predicted octanol–water partition coefficient (Wildman–Crippen LogP) is 5.79. The van der Waals surface area contributed by atoms with Gasteiger partial charge in [-0.2, -0.15) is 0 Å². The van der Waals surface area contributed by atoms with Crippen LogP contribution in [0.5, 0.6) is 0 Å². The summed E-state index contributed by atoms with van der Waals surface area (Å²) in [6, 6.07) is 16.5. The number of rotatable bonds is 0. The van der Waals surface area contributed by atoms with Crippen LogP contribution in [0.25, 0.3) is 33.0 Å². The highest BCUT2D eigenvalue weighted by Crippen LogP contribution is 2.56. The van der Waals surface area contributed by atoms with E-state index in [0.29, 0.717) is 10.0 Å². The molecule has 3 aromatic carbocycles. The average molecular weight is 271 g/mol. The molecule has 0 unspecified atom stereocenters. The molecule has 0 spiro atoms. The zero-order valence-corrected chi connectivity index (χ0v) is 10.9. The lowest BCUT2D eigenvalue weighted by molar-refractivity contribution is 1.55. The molecule has 0 nitrogen and oxygen atoms in total. The Morgan fingerprint density at radius 1 is 0.556 bits per heavy atom. The fraction of sp³-hybridized carbons (Fsp3) is 0. The number of hydrogen-bond donors (Lipinski definition) is 0. The van der Waals surface area contributed by atoms with Crippen molar-refractivity contribution in [1.82, 2.24) is 0 Å². The lowest BCUT2D eigenvalue weighted by atomic mass is 9.78. The van der Waals surface area contributed by atoms with Crippen LogP contribution in [0.15, 0.2) is 48.5 Å². The lowest BCUT2D eigenvalue weighted by Crippen LogP contribution is -2.01. The van der Waals surface area contributed by atoms with Gasteiger partial charge in [-0.3, -0.25) is 0 Å². The Morgan fingerprint density at radius 2 is 1.11 bits per heavy atom. The molecule has 0 fully saturated rings. The van der Waals surface area contributed by atoms with E-state index in [2.05, 4.69) is 24.3 Å². The molecule has 0 atom stereocenters. The maximum absolute atomic E-state index is 6.41. The van der Waals surface area contributed by atoms with E-state index in [4.69, 9.17) is 23.2 Å².